The van der Waals surface area contributed by atoms with Crippen molar-refractivity contribution in [2.45, 2.75) is 210 Å². The van der Waals surface area contributed by atoms with E-state index in [1.807, 2.05) is 176 Å². The number of hydrogen-bond donors (Lipinski definition) is 0. The first kappa shape index (κ1) is 150. The van der Waals surface area contributed by atoms with E-state index in [2.05, 4.69) is 60.3 Å². The second kappa shape index (κ2) is 86.5. The van der Waals surface area contributed by atoms with Gasteiger partial charge in [-0.1, -0.05) is 250 Å². The molecule has 0 radical (unpaired) electrons. The predicted octanol–water partition coefficient (Wildman–Crippen LogP) is 4.50. The van der Waals surface area contributed by atoms with Gasteiger partial charge in [0.05, 0.1) is 77.1 Å². The summed E-state index contributed by atoms with van der Waals surface area (Å²) in [5.74, 6) is 5.92. The number of methoxy groups -OCH3 is 2. The Labute approximate surface area is 1350 Å². The smallest absolute Gasteiger partial charge is 0.529 e. The largest absolute Gasteiger partial charge is 1.00 e. The molecule has 38 heteroatoms. The first-order valence-electron chi connectivity index (χ1n) is 44.1. The summed E-state index contributed by atoms with van der Waals surface area (Å²) in [5, 5.41) is 6.47. The summed E-state index contributed by atoms with van der Waals surface area (Å²) < 4.78 is 104. The number of likely N-dealkylation sites (N-methyl/N-ethyl adjacent to an activating group) is 1. The van der Waals surface area contributed by atoms with Crippen molar-refractivity contribution in [3.05, 3.63) is 311 Å². The van der Waals surface area contributed by atoms with Gasteiger partial charge in [0.1, 0.15) is 74.2 Å². The monoisotopic (exact) mass is 3080 g/mol. The van der Waals surface area contributed by atoms with Gasteiger partial charge >= 0.3 is 551 Å². The van der Waals surface area contributed by atoms with Crippen LogP contribution in [0.5, 0.6) is 17.2 Å². The zero-order valence-electron chi connectivity index (χ0n) is 84.7. The van der Waals surface area contributed by atoms with Crippen LogP contribution in [0, 0.1) is 100 Å². The Morgan fingerprint density at radius 3 is 0.757 bits per heavy atom. The van der Waals surface area contributed by atoms with Gasteiger partial charge in [0.15, 0.2) is 0 Å². The summed E-state index contributed by atoms with van der Waals surface area (Å²) in [4.78, 5) is 2.10. The first-order chi connectivity index (χ1) is 63.5. The standard InChI is InChI=1S/C16H24NO3.2C13H16ClO3.3C12H13Cl2O2.2C12H14ClO2.8Cs/c1-13-10-16(19-11-13)20-12-14-4-6-15(7-5-14)18-9-8-17(2)3;2*1-9-6-12(16-7-9)17-8-10-4-3-5-11(14)13(10)15-2;2*1-8-4-12(15-6-8)16-7-9-2-3-10(13)5-11(9)14;1-8-5-12(15-6-8)16-7-9-10(13)3-2-4-11(9)14;2*1-9-6-12(14-7-9)15-8-10-2-4-11(13)5-3-10;;;;;;;;/h4-7,11,13,16H,8-10,12H2,1-3H3;2*3-5,7,9,12H,6,8H2,1-2H3;2*2-3,5-6,8,12H,4,7H2,1H3;2-4,6,8,12H,5,7H2,1H3;2*2-5,7,9,12H,6,8H2,1H3;;;;;;;;/q8*-1;8*+1/t13-,16?;2*9-,12?;3*8-,12?;2*9-,12?;;;;;;;;/m11111111......../s1. The molecular formula is C102H123Cl10Cs8NO19. The number of rotatable bonds is 30. The van der Waals surface area contributed by atoms with Gasteiger partial charge in [-0.25, -0.2) is 52.9 Å². The molecule has 16 atom stereocenters. The molecule has 8 heterocycles. The number of hydrogen-bond acceptors (Lipinski definition) is 20. The maximum atomic E-state index is 6.03. The average molecular weight is 3080 g/mol. The molecule has 8 aromatic carbocycles. The fourth-order valence-electron chi connectivity index (χ4n) is 13.4. The fraction of sp³-hybridized carbons (Fsp3) is 0.451. The SMILES string of the molecule is COc1c(Cl)cccc1COC1C[C@@H](C)[CH-]O1.COc1c(Cl)cccc1COC1C[C@@H](C)[CH-]O1.C[C@H]1[CH-]OC(OCc2c(Cl)cccc2Cl)C1.C[C@H]1[CH-]OC(OCc2ccc(Cl)cc2)C1.C[C@H]1[CH-]OC(OCc2ccc(Cl)cc2)C1.C[C@H]1[CH-]OC(OCc2ccc(Cl)cc2Cl)C1.C[C@H]1[CH-]OC(OCc2ccc(Cl)cc2Cl)C1.C[C@H]1[CH-]OC(OCc2ccc(OCCN(C)C)cc2)C1.[Cs+].[Cs+].[Cs+].[Cs+].[Cs+].[Cs+].[Cs+].[Cs+]. The Bertz CT molecular complexity index is 4410. The van der Waals surface area contributed by atoms with Crippen molar-refractivity contribution in [3.63, 3.8) is 0 Å². The molecule has 0 saturated carbocycles. The van der Waals surface area contributed by atoms with Crippen molar-refractivity contribution < 1.29 is 641 Å². The van der Waals surface area contributed by atoms with Crippen LogP contribution in [0.25, 0.3) is 0 Å². The van der Waals surface area contributed by atoms with E-state index in [0.29, 0.717) is 158 Å². The molecule has 20 nitrogen and oxygen atoms in total. The van der Waals surface area contributed by atoms with E-state index in [1.165, 1.54) is 0 Å². The van der Waals surface area contributed by atoms with Gasteiger partial charge in [-0.3, -0.25) is 0 Å². The van der Waals surface area contributed by atoms with E-state index >= 15 is 0 Å². The van der Waals surface area contributed by atoms with Crippen molar-refractivity contribution in [1.82, 2.24) is 4.90 Å². The van der Waals surface area contributed by atoms with Crippen LogP contribution in [-0.2, 0) is 129 Å². The van der Waals surface area contributed by atoms with Gasteiger partial charge in [0.2, 0.25) is 0 Å². The summed E-state index contributed by atoms with van der Waals surface area (Å²) in [6, 6.07) is 50.8. The third kappa shape index (κ3) is 61.7. The van der Waals surface area contributed by atoms with Crippen LogP contribution in [0.1, 0.15) is 151 Å². The molecule has 0 N–H and O–H groups in total. The molecule has 8 aromatic rings. The van der Waals surface area contributed by atoms with Gasteiger partial charge in [0.25, 0.3) is 0 Å². The maximum absolute atomic E-state index is 6.03. The summed E-state index contributed by atoms with van der Waals surface area (Å²) >= 11 is 59.4. The van der Waals surface area contributed by atoms with Crippen LogP contribution >= 0.6 is 116 Å². The Morgan fingerprint density at radius 1 is 0.271 bits per heavy atom. The molecule has 8 saturated heterocycles. The fourth-order valence-corrected chi connectivity index (χ4v) is 15.6. The van der Waals surface area contributed by atoms with E-state index in [9.17, 15) is 0 Å². The minimum absolute atomic E-state index is 0. The minimum Gasteiger partial charge on any atom is -0.529 e. The maximum Gasteiger partial charge on any atom is 1.00 e. The molecule has 0 bridgehead atoms. The average Bonchev–Trinajstić information content (AvgIpc) is 1.20. The summed E-state index contributed by atoms with van der Waals surface area (Å²) in [7, 11) is 7.28. The zero-order chi connectivity index (χ0) is 94.9. The van der Waals surface area contributed by atoms with Crippen LogP contribution in [-0.4, -0.2) is 96.7 Å². The Morgan fingerprint density at radius 2 is 0.507 bits per heavy atom. The van der Waals surface area contributed by atoms with Crippen LogP contribution in [0.2, 0.25) is 50.2 Å². The van der Waals surface area contributed by atoms with Crippen molar-refractivity contribution in [2.24, 2.45) is 47.3 Å². The molecule has 0 aromatic heterocycles. The van der Waals surface area contributed by atoms with Crippen LogP contribution in [0.15, 0.2) is 164 Å². The van der Waals surface area contributed by atoms with Gasteiger partial charge in [-0.05, 0) is 178 Å². The molecule has 16 rings (SSSR count). The van der Waals surface area contributed by atoms with Gasteiger partial charge in [-0.2, -0.15) is 0 Å². The Kier molecular flexibility index (Phi) is 92.5. The molecule has 0 spiro atoms. The topological polar surface area (TPSA) is 179 Å². The molecule has 8 unspecified atom stereocenters. The summed E-state index contributed by atoms with van der Waals surface area (Å²) in [6.45, 7) is 36.9. The minimum atomic E-state index is -0.178. The van der Waals surface area contributed by atoms with Crippen molar-refractivity contribution >= 4 is 116 Å². The predicted molar refractivity (Wildman–Crippen MR) is 521 cm³/mol. The van der Waals surface area contributed by atoms with E-state index in [1.54, 1.807) is 69.4 Å². The van der Waals surface area contributed by atoms with Crippen molar-refractivity contribution in [3.8, 4) is 17.2 Å². The van der Waals surface area contributed by atoms with Crippen molar-refractivity contribution in [2.75, 3.05) is 41.5 Å². The third-order valence-corrected chi connectivity index (χ3v) is 23.8. The Balaban J connectivity index is 0.000000794. The van der Waals surface area contributed by atoms with Crippen LogP contribution in [0.3, 0.4) is 0 Å². The number of ether oxygens (including phenoxy) is 19. The molecule has 0 aliphatic carbocycles. The molecular weight excluding hydrogens is 2960 g/mol. The molecule has 8 fully saturated rings. The number of halogens is 10. The number of nitrogens with zero attached hydrogens (tertiary/aromatic N) is 1. The normalized spacial score (nSPS) is 23.1. The molecule has 140 heavy (non-hydrogen) atoms. The second-order valence-electron chi connectivity index (χ2n) is 33.4. The first-order valence-corrected chi connectivity index (χ1v) is 47.9. The quantitative estimate of drug-likeness (QED) is 0.0574. The summed E-state index contributed by atoms with van der Waals surface area (Å²) in [6.07, 6.45) is 6.19. The Hall–Kier alpha value is 11.8. The van der Waals surface area contributed by atoms with Gasteiger partial charge in [-0.15, -0.1) is 47.3 Å². The summed E-state index contributed by atoms with van der Waals surface area (Å²) in [5.41, 5.74) is 7.89. The van der Waals surface area contributed by atoms with E-state index in [0.717, 1.165) is 118 Å². The van der Waals surface area contributed by atoms with Crippen LogP contribution < -0.4 is 565 Å². The molecule has 728 valence electrons. The van der Waals surface area contributed by atoms with E-state index in [4.69, 9.17) is 206 Å². The molecule has 8 aliphatic rings. The van der Waals surface area contributed by atoms with Gasteiger partial charge < -0.3 is 94.9 Å². The third-order valence-electron chi connectivity index (χ3n) is 20.8. The van der Waals surface area contributed by atoms with E-state index in [-0.39, 0.29) is 601 Å². The second-order valence-corrected chi connectivity index (χ2v) is 37.6. The van der Waals surface area contributed by atoms with Gasteiger partial charge in [0, 0.05) is 63.4 Å². The van der Waals surface area contributed by atoms with Crippen LogP contribution in [0.4, 0.5) is 0 Å². The molecule has 8 aliphatic heterocycles. The number of benzene rings is 8. The van der Waals surface area contributed by atoms with E-state index < -0.39 is 0 Å². The number of para-hydroxylation sites is 2. The zero-order valence-corrected chi connectivity index (χ0v) is 142. The van der Waals surface area contributed by atoms with Crippen molar-refractivity contribution in [1.29, 1.82) is 0 Å². The molecule has 0 amide bonds.